The van der Waals surface area contributed by atoms with Gasteiger partial charge in [-0.1, -0.05) is 0 Å². The molecule has 1 amide bonds. The summed E-state index contributed by atoms with van der Waals surface area (Å²) in [5.41, 5.74) is 1.17. The van der Waals surface area contributed by atoms with Crippen LogP contribution in [0.2, 0.25) is 0 Å². The minimum absolute atomic E-state index is 0.160. The SMILES string of the molecule is O=C(NCC1CCCNC1)c1cncn1-c1ccc(F)cc1. The predicted molar refractivity (Wildman–Crippen MR) is 81.4 cm³/mol. The third-order valence-electron chi connectivity index (χ3n) is 3.93. The van der Waals surface area contributed by atoms with Gasteiger partial charge in [-0.15, -0.1) is 0 Å². The molecular weight excluding hydrogens is 283 g/mol. The molecule has 22 heavy (non-hydrogen) atoms. The summed E-state index contributed by atoms with van der Waals surface area (Å²) in [4.78, 5) is 16.4. The van der Waals surface area contributed by atoms with E-state index in [1.807, 2.05) is 0 Å². The molecule has 2 aromatic rings. The molecule has 0 bridgehead atoms. The lowest BCUT2D eigenvalue weighted by atomic mass is 10.00. The van der Waals surface area contributed by atoms with Crippen molar-refractivity contribution in [1.82, 2.24) is 20.2 Å². The van der Waals surface area contributed by atoms with Gasteiger partial charge in [0.2, 0.25) is 0 Å². The minimum Gasteiger partial charge on any atom is -0.350 e. The van der Waals surface area contributed by atoms with Crippen LogP contribution in [0, 0.1) is 11.7 Å². The van der Waals surface area contributed by atoms with Gasteiger partial charge in [-0.25, -0.2) is 9.37 Å². The van der Waals surface area contributed by atoms with Gasteiger partial charge in [-0.05, 0) is 56.1 Å². The number of carbonyl (C=O) groups excluding carboxylic acids is 1. The van der Waals surface area contributed by atoms with E-state index in [1.54, 1.807) is 23.0 Å². The molecule has 2 heterocycles. The number of amides is 1. The Kier molecular flexibility index (Phi) is 4.48. The number of carbonyl (C=O) groups is 1. The molecule has 5 nitrogen and oxygen atoms in total. The van der Waals surface area contributed by atoms with Crippen molar-refractivity contribution in [3.05, 3.63) is 48.3 Å². The van der Waals surface area contributed by atoms with E-state index in [2.05, 4.69) is 15.6 Å². The molecule has 1 aromatic carbocycles. The molecule has 0 saturated carbocycles. The molecule has 1 aliphatic rings. The van der Waals surface area contributed by atoms with E-state index in [4.69, 9.17) is 0 Å². The first-order chi connectivity index (χ1) is 10.7. The number of rotatable bonds is 4. The highest BCUT2D eigenvalue weighted by atomic mass is 19.1. The van der Waals surface area contributed by atoms with E-state index in [0.717, 1.165) is 25.9 Å². The molecule has 1 unspecified atom stereocenters. The number of hydrogen-bond acceptors (Lipinski definition) is 3. The summed E-state index contributed by atoms with van der Waals surface area (Å²) in [5.74, 6) is 0.00644. The molecule has 2 N–H and O–H groups in total. The number of halogens is 1. The number of piperidine rings is 1. The topological polar surface area (TPSA) is 59.0 Å². The van der Waals surface area contributed by atoms with Crippen LogP contribution in [0.25, 0.3) is 5.69 Å². The smallest absolute Gasteiger partial charge is 0.269 e. The predicted octanol–water partition coefficient (Wildman–Crippen LogP) is 1.74. The van der Waals surface area contributed by atoms with Gasteiger partial charge < -0.3 is 10.6 Å². The Bertz CT molecular complexity index is 632. The second-order valence-corrected chi connectivity index (χ2v) is 5.55. The van der Waals surface area contributed by atoms with Crippen molar-refractivity contribution in [2.45, 2.75) is 12.8 Å². The van der Waals surface area contributed by atoms with E-state index >= 15 is 0 Å². The lowest BCUT2D eigenvalue weighted by Gasteiger charge is -2.22. The third-order valence-corrected chi connectivity index (χ3v) is 3.93. The van der Waals surface area contributed by atoms with E-state index in [9.17, 15) is 9.18 Å². The Balaban J connectivity index is 1.68. The maximum Gasteiger partial charge on any atom is 0.269 e. The van der Waals surface area contributed by atoms with E-state index in [0.29, 0.717) is 23.8 Å². The minimum atomic E-state index is -0.306. The van der Waals surface area contributed by atoms with Crippen molar-refractivity contribution in [1.29, 1.82) is 0 Å². The fourth-order valence-corrected chi connectivity index (χ4v) is 2.70. The highest BCUT2D eigenvalue weighted by Crippen LogP contribution is 2.13. The fraction of sp³-hybridized carbons (Fsp3) is 0.375. The van der Waals surface area contributed by atoms with Crippen molar-refractivity contribution in [3.63, 3.8) is 0 Å². The molecule has 1 atom stereocenters. The van der Waals surface area contributed by atoms with E-state index < -0.39 is 0 Å². The quantitative estimate of drug-likeness (QED) is 0.904. The van der Waals surface area contributed by atoms with Gasteiger partial charge in [0.25, 0.3) is 5.91 Å². The average molecular weight is 302 g/mol. The number of nitrogens with zero attached hydrogens (tertiary/aromatic N) is 2. The number of imidazole rings is 1. The van der Waals surface area contributed by atoms with Crippen molar-refractivity contribution in [2.24, 2.45) is 5.92 Å². The van der Waals surface area contributed by atoms with Gasteiger partial charge >= 0.3 is 0 Å². The van der Waals surface area contributed by atoms with Crippen LogP contribution in [0.5, 0.6) is 0 Å². The third kappa shape index (κ3) is 3.33. The Morgan fingerprint density at radius 3 is 2.95 bits per heavy atom. The molecular formula is C16H19FN4O. The highest BCUT2D eigenvalue weighted by Gasteiger charge is 2.17. The maximum atomic E-state index is 13.0. The Labute approximate surface area is 128 Å². The van der Waals surface area contributed by atoms with Crippen LogP contribution in [-0.4, -0.2) is 35.1 Å². The summed E-state index contributed by atoms with van der Waals surface area (Å²) < 4.78 is 14.7. The monoisotopic (exact) mass is 302 g/mol. The zero-order valence-corrected chi connectivity index (χ0v) is 12.3. The lowest BCUT2D eigenvalue weighted by Crippen LogP contribution is -2.38. The largest absolute Gasteiger partial charge is 0.350 e. The zero-order valence-electron chi connectivity index (χ0n) is 12.3. The van der Waals surface area contributed by atoms with Gasteiger partial charge in [0.15, 0.2) is 0 Å². The maximum absolute atomic E-state index is 13.0. The summed E-state index contributed by atoms with van der Waals surface area (Å²) in [6, 6.07) is 5.98. The normalized spacial score (nSPS) is 18.1. The standard InChI is InChI=1S/C16H19FN4O/c17-13-3-5-14(6-4-13)21-11-19-10-15(21)16(22)20-9-12-2-1-7-18-8-12/h3-6,10-12,18H,1-2,7-9H2,(H,20,22). The first kappa shape index (κ1) is 14.7. The van der Waals surface area contributed by atoms with Crippen LogP contribution in [-0.2, 0) is 0 Å². The van der Waals surface area contributed by atoms with Crippen LogP contribution < -0.4 is 10.6 Å². The summed E-state index contributed by atoms with van der Waals surface area (Å²) in [6.45, 7) is 2.65. The number of benzene rings is 1. The van der Waals surface area contributed by atoms with Gasteiger partial charge in [-0.2, -0.15) is 0 Å². The number of hydrogen-bond donors (Lipinski definition) is 2. The summed E-state index contributed by atoms with van der Waals surface area (Å²) in [7, 11) is 0. The molecule has 1 fully saturated rings. The molecule has 0 aliphatic carbocycles. The van der Waals surface area contributed by atoms with Crippen molar-refractivity contribution < 1.29 is 9.18 Å². The number of nitrogens with one attached hydrogen (secondary N) is 2. The van der Waals surface area contributed by atoms with Gasteiger partial charge in [0.05, 0.1) is 12.5 Å². The van der Waals surface area contributed by atoms with Crippen molar-refractivity contribution >= 4 is 5.91 Å². The van der Waals surface area contributed by atoms with Crippen LogP contribution in [0.4, 0.5) is 4.39 Å². The van der Waals surface area contributed by atoms with E-state index in [-0.39, 0.29) is 11.7 Å². The molecule has 6 heteroatoms. The van der Waals surface area contributed by atoms with Crippen molar-refractivity contribution in [3.8, 4) is 5.69 Å². The molecule has 1 saturated heterocycles. The van der Waals surface area contributed by atoms with Crippen LogP contribution in [0.15, 0.2) is 36.8 Å². The van der Waals surface area contributed by atoms with Gasteiger partial charge in [-0.3, -0.25) is 9.36 Å². The summed E-state index contributed by atoms with van der Waals surface area (Å²) in [6.07, 6.45) is 5.36. The molecule has 1 aromatic heterocycles. The van der Waals surface area contributed by atoms with E-state index in [1.165, 1.54) is 18.3 Å². The van der Waals surface area contributed by atoms with Crippen LogP contribution in [0.3, 0.4) is 0 Å². The zero-order chi connectivity index (χ0) is 15.4. The second kappa shape index (κ2) is 6.70. The molecule has 0 spiro atoms. The Morgan fingerprint density at radius 1 is 1.41 bits per heavy atom. The van der Waals surface area contributed by atoms with Crippen LogP contribution in [0.1, 0.15) is 23.3 Å². The highest BCUT2D eigenvalue weighted by molar-refractivity contribution is 5.93. The van der Waals surface area contributed by atoms with Gasteiger partial charge in [0.1, 0.15) is 11.5 Å². The first-order valence-corrected chi connectivity index (χ1v) is 7.51. The number of aromatic nitrogens is 2. The summed E-state index contributed by atoms with van der Waals surface area (Å²) >= 11 is 0. The van der Waals surface area contributed by atoms with Gasteiger partial charge in [0, 0.05) is 12.2 Å². The molecule has 1 aliphatic heterocycles. The first-order valence-electron chi connectivity index (χ1n) is 7.51. The Hall–Kier alpha value is -2.21. The van der Waals surface area contributed by atoms with Crippen molar-refractivity contribution in [2.75, 3.05) is 19.6 Å². The molecule has 116 valence electrons. The lowest BCUT2D eigenvalue weighted by molar-refractivity contribution is 0.0938. The second-order valence-electron chi connectivity index (χ2n) is 5.55. The fourth-order valence-electron chi connectivity index (χ4n) is 2.70. The summed E-state index contributed by atoms with van der Waals surface area (Å²) in [5, 5.41) is 6.29. The Morgan fingerprint density at radius 2 is 2.23 bits per heavy atom. The molecule has 0 radical (unpaired) electrons. The average Bonchev–Trinajstić information content (AvgIpc) is 3.04. The molecule has 3 rings (SSSR count). The van der Waals surface area contributed by atoms with Crippen LogP contribution >= 0.6 is 0 Å².